The van der Waals surface area contributed by atoms with E-state index in [-0.39, 0.29) is 29.9 Å². The van der Waals surface area contributed by atoms with Crippen LogP contribution >= 0.6 is 0 Å². The Morgan fingerprint density at radius 2 is 1.81 bits per heavy atom. The number of likely N-dealkylation sites (tertiary alicyclic amines) is 1. The second-order valence-corrected chi connectivity index (χ2v) is 9.41. The number of hydrogen-bond acceptors (Lipinski definition) is 6. The number of nitrogens with zero attached hydrogens (tertiary/aromatic N) is 4. The number of rotatable bonds is 6. The van der Waals surface area contributed by atoms with Crippen LogP contribution in [0.5, 0.6) is 5.75 Å². The van der Waals surface area contributed by atoms with Crippen molar-refractivity contribution in [3.8, 4) is 5.75 Å². The van der Waals surface area contributed by atoms with Crippen molar-refractivity contribution in [2.75, 3.05) is 60.5 Å². The maximum absolute atomic E-state index is 13.0. The summed E-state index contributed by atoms with van der Waals surface area (Å²) < 4.78 is 5.25. The van der Waals surface area contributed by atoms with Crippen molar-refractivity contribution in [1.82, 2.24) is 24.9 Å². The van der Waals surface area contributed by atoms with Gasteiger partial charge in [-0.3, -0.25) is 19.4 Å². The molecule has 3 aliphatic rings. The van der Waals surface area contributed by atoms with Crippen LogP contribution in [0.1, 0.15) is 24.8 Å². The van der Waals surface area contributed by atoms with Gasteiger partial charge in [-0.25, -0.2) is 0 Å². The van der Waals surface area contributed by atoms with E-state index in [1.165, 1.54) is 5.56 Å². The van der Waals surface area contributed by atoms with Gasteiger partial charge < -0.3 is 19.9 Å². The third-order valence-electron chi connectivity index (χ3n) is 7.44. The van der Waals surface area contributed by atoms with Crippen LogP contribution in [0, 0.1) is 0 Å². The monoisotopic (exact) mass is 443 g/mol. The highest BCUT2D eigenvalue weighted by molar-refractivity contribution is 5.83. The molecule has 3 saturated heterocycles. The summed E-state index contributed by atoms with van der Waals surface area (Å²) >= 11 is 0. The van der Waals surface area contributed by atoms with Crippen LogP contribution in [0.25, 0.3) is 0 Å². The maximum Gasteiger partial charge on any atom is 0.239 e. The van der Waals surface area contributed by atoms with Crippen molar-refractivity contribution < 1.29 is 14.3 Å². The average Bonchev–Trinajstić information content (AvgIpc) is 3.18. The van der Waals surface area contributed by atoms with Crippen molar-refractivity contribution >= 4 is 11.8 Å². The number of hydrogen-bond donors (Lipinski definition) is 1. The quantitative estimate of drug-likeness (QED) is 0.696. The zero-order valence-electron chi connectivity index (χ0n) is 19.6. The third kappa shape index (κ3) is 5.08. The summed E-state index contributed by atoms with van der Waals surface area (Å²) in [6.07, 6.45) is 2.29. The normalized spacial score (nSPS) is 27.7. The first-order valence-corrected chi connectivity index (χ1v) is 11.8. The van der Waals surface area contributed by atoms with E-state index in [0.29, 0.717) is 13.0 Å². The van der Waals surface area contributed by atoms with E-state index in [1.54, 1.807) is 7.11 Å². The number of likely N-dealkylation sites (N-methyl/N-ethyl adjacent to an activating group) is 2. The molecule has 8 nitrogen and oxygen atoms in total. The molecule has 8 heteroatoms. The van der Waals surface area contributed by atoms with Gasteiger partial charge in [0.1, 0.15) is 11.8 Å². The Kier molecular flexibility index (Phi) is 7.33. The topological polar surface area (TPSA) is 68.4 Å². The third-order valence-corrected chi connectivity index (χ3v) is 7.44. The number of ether oxygens (including phenoxy) is 1. The Hall–Kier alpha value is -2.16. The van der Waals surface area contributed by atoms with Gasteiger partial charge in [-0.05, 0) is 44.6 Å². The van der Waals surface area contributed by atoms with E-state index >= 15 is 0 Å². The molecule has 176 valence electrons. The van der Waals surface area contributed by atoms with Gasteiger partial charge in [0, 0.05) is 64.3 Å². The maximum atomic E-state index is 13.0. The molecule has 0 aliphatic carbocycles. The SMILES string of the molecule is COc1ccc(CN2CC[C@@H]3[C@@H]2C(=O)NC[C@@H](CCC(=O)N2CCN(C)CC2)N3C)cc1. The minimum atomic E-state index is -0.152. The molecule has 0 spiro atoms. The van der Waals surface area contributed by atoms with E-state index in [9.17, 15) is 9.59 Å². The molecule has 1 aromatic carbocycles. The number of piperazine rings is 1. The fourth-order valence-corrected chi connectivity index (χ4v) is 5.30. The molecule has 0 radical (unpaired) electrons. The van der Waals surface area contributed by atoms with E-state index in [0.717, 1.165) is 57.9 Å². The summed E-state index contributed by atoms with van der Waals surface area (Å²) in [7, 11) is 5.89. The molecule has 2 amide bonds. The molecular weight excluding hydrogens is 406 g/mol. The molecule has 3 atom stereocenters. The Morgan fingerprint density at radius 3 is 2.50 bits per heavy atom. The first kappa shape index (κ1) is 23.0. The van der Waals surface area contributed by atoms with Crippen molar-refractivity contribution in [2.45, 2.75) is 43.9 Å². The highest BCUT2D eigenvalue weighted by atomic mass is 16.5. The first-order valence-electron chi connectivity index (χ1n) is 11.8. The zero-order chi connectivity index (χ0) is 22.7. The van der Waals surface area contributed by atoms with Crippen molar-refractivity contribution in [1.29, 1.82) is 0 Å². The molecule has 0 unspecified atom stereocenters. The lowest BCUT2D eigenvalue weighted by Crippen LogP contribution is -2.50. The van der Waals surface area contributed by atoms with Gasteiger partial charge in [0.2, 0.25) is 11.8 Å². The fourth-order valence-electron chi connectivity index (χ4n) is 5.30. The average molecular weight is 444 g/mol. The summed E-state index contributed by atoms with van der Waals surface area (Å²) in [5.74, 6) is 1.20. The highest BCUT2D eigenvalue weighted by Gasteiger charge is 2.45. The molecule has 0 bridgehead atoms. The number of benzene rings is 1. The van der Waals surface area contributed by atoms with Crippen molar-refractivity contribution in [2.24, 2.45) is 0 Å². The number of amides is 2. The molecule has 3 aliphatic heterocycles. The van der Waals surface area contributed by atoms with Gasteiger partial charge in [0.25, 0.3) is 0 Å². The molecular formula is C24H37N5O3. The van der Waals surface area contributed by atoms with Crippen LogP contribution in [0.4, 0.5) is 0 Å². The van der Waals surface area contributed by atoms with Gasteiger partial charge in [-0.15, -0.1) is 0 Å². The zero-order valence-corrected chi connectivity index (χ0v) is 19.6. The van der Waals surface area contributed by atoms with Crippen molar-refractivity contribution in [3.63, 3.8) is 0 Å². The number of carbonyl (C=O) groups is 2. The van der Waals surface area contributed by atoms with Crippen LogP contribution in [0.3, 0.4) is 0 Å². The molecule has 1 N–H and O–H groups in total. The molecule has 1 aromatic rings. The largest absolute Gasteiger partial charge is 0.497 e. The second-order valence-electron chi connectivity index (χ2n) is 9.41. The second kappa shape index (κ2) is 10.2. The van der Waals surface area contributed by atoms with Crippen LogP contribution < -0.4 is 10.1 Å². The minimum absolute atomic E-state index is 0.112. The summed E-state index contributed by atoms with van der Waals surface area (Å²) in [6, 6.07) is 8.28. The predicted octanol–water partition coefficient (Wildman–Crippen LogP) is 0.623. The Labute approximate surface area is 191 Å². The molecule has 4 rings (SSSR count). The summed E-state index contributed by atoms with van der Waals surface area (Å²) in [5.41, 5.74) is 1.18. The van der Waals surface area contributed by atoms with Crippen LogP contribution in [-0.4, -0.2) is 110 Å². The number of methoxy groups -OCH3 is 1. The van der Waals surface area contributed by atoms with Crippen LogP contribution in [0.2, 0.25) is 0 Å². The van der Waals surface area contributed by atoms with Crippen LogP contribution in [0.15, 0.2) is 24.3 Å². The van der Waals surface area contributed by atoms with E-state index < -0.39 is 0 Å². The lowest BCUT2D eigenvalue weighted by Gasteiger charge is -2.35. The Morgan fingerprint density at radius 1 is 1.09 bits per heavy atom. The van der Waals surface area contributed by atoms with E-state index in [1.807, 2.05) is 17.0 Å². The molecule has 0 aromatic heterocycles. The summed E-state index contributed by atoms with van der Waals surface area (Å²) in [5, 5.41) is 3.17. The standard InChI is InChI=1S/C24H37N5O3/c1-26-12-14-28(15-13-26)22(30)9-6-19-16-25-24(31)23-21(27(19)2)10-11-29(23)17-18-4-7-20(32-3)8-5-18/h4-5,7-8,19,21,23H,6,9-17H2,1-3H3,(H,25,31)/t19-,21-,23-/m1/s1. The van der Waals surface area contributed by atoms with Gasteiger partial charge in [0.15, 0.2) is 0 Å². The van der Waals surface area contributed by atoms with Gasteiger partial charge in [-0.1, -0.05) is 12.1 Å². The summed E-state index contributed by atoms with van der Waals surface area (Å²) in [6.45, 7) is 5.77. The first-order chi connectivity index (χ1) is 15.5. The van der Waals surface area contributed by atoms with E-state index in [4.69, 9.17) is 4.74 Å². The lowest BCUT2D eigenvalue weighted by molar-refractivity contribution is -0.133. The predicted molar refractivity (Wildman–Crippen MR) is 123 cm³/mol. The molecule has 0 saturated carbocycles. The van der Waals surface area contributed by atoms with Gasteiger partial charge in [-0.2, -0.15) is 0 Å². The minimum Gasteiger partial charge on any atom is -0.497 e. The fraction of sp³-hybridized carbons (Fsp3) is 0.667. The Balaban J connectivity index is 1.35. The number of nitrogens with one attached hydrogen (secondary N) is 1. The smallest absolute Gasteiger partial charge is 0.239 e. The molecule has 32 heavy (non-hydrogen) atoms. The lowest BCUT2D eigenvalue weighted by atomic mass is 10.0. The molecule has 3 fully saturated rings. The summed E-state index contributed by atoms with van der Waals surface area (Å²) in [4.78, 5) is 34.6. The number of carbonyl (C=O) groups excluding carboxylic acids is 2. The van der Waals surface area contributed by atoms with Gasteiger partial charge >= 0.3 is 0 Å². The highest BCUT2D eigenvalue weighted by Crippen LogP contribution is 2.29. The number of fused-ring (bicyclic) bond motifs is 1. The van der Waals surface area contributed by atoms with E-state index in [2.05, 4.69) is 46.2 Å². The van der Waals surface area contributed by atoms with Crippen LogP contribution in [-0.2, 0) is 16.1 Å². The molecule has 3 heterocycles. The Bertz CT molecular complexity index is 793. The van der Waals surface area contributed by atoms with Gasteiger partial charge in [0.05, 0.1) is 7.11 Å². The van der Waals surface area contributed by atoms with Crippen molar-refractivity contribution in [3.05, 3.63) is 29.8 Å².